The zero-order valence-electron chi connectivity index (χ0n) is 46.5. The Hall–Kier alpha value is -8.13. The van der Waals surface area contributed by atoms with Crippen LogP contribution in [0, 0.1) is 20.2 Å². The minimum absolute atomic E-state index is 0. The zero-order chi connectivity index (χ0) is 70.2. The summed E-state index contributed by atoms with van der Waals surface area (Å²) in [6, 6.07) is 23.3. The first-order valence-electron chi connectivity index (χ1n) is 24.0. The number of nitrogens with two attached hydrogens (primary N) is 2. The molecule has 3 radical (unpaired) electrons. The van der Waals surface area contributed by atoms with Gasteiger partial charge in [-0.05, 0) is 101 Å². The molecule has 0 saturated heterocycles. The van der Waals surface area contributed by atoms with Crippen molar-refractivity contribution in [2.24, 2.45) is 20.0 Å². The lowest BCUT2D eigenvalue weighted by Crippen LogP contribution is -2.04. The predicted molar refractivity (Wildman–Crippen MR) is 355 cm³/mol. The number of fused-ring (bicyclic) bond motifs is 2. The Morgan fingerprint density at radius 3 is 1.27 bits per heavy atom. The number of hydrogen-bond acceptors (Lipinski definition) is 36. The SMILES string of the molecule is C.C.Nc1ccc2c(O)c(N=Nc3ccc(/C=C/c4ccc([N+](=O)[O-])cc4S(=O)(=O)O)c(SOOO)c3)c(SOOO)cc2c1S(=O)(=O)O.Nc1ccc2c(O)cc(SOOO)cc2c1S(=O)(=O)O.O=[N+]([O-])c1ccc(/C=C/c2ccc(N=NCl)cc2SOOO)c(S(=O)(=O)O)c1.[2HH].[B]. The molecule has 525 valence electrons. The summed E-state index contributed by atoms with van der Waals surface area (Å²) < 4.78 is 152. The van der Waals surface area contributed by atoms with Crippen LogP contribution in [0.4, 0.5) is 39.8 Å². The van der Waals surface area contributed by atoms with Crippen LogP contribution in [0.1, 0.15) is 38.5 Å². The first-order valence-corrected chi connectivity index (χ1v) is 33.1. The second-order valence-corrected chi connectivity index (χ2v) is 26.1. The maximum Gasteiger partial charge on any atom is 0.297 e. The van der Waals surface area contributed by atoms with Crippen molar-refractivity contribution in [2.45, 2.75) is 54.0 Å². The fraction of sp³-hybridized carbons (Fsp3) is 0.0400. The summed E-state index contributed by atoms with van der Waals surface area (Å²) in [5.74, 6) is -0.888. The van der Waals surface area contributed by atoms with Crippen molar-refractivity contribution in [1.29, 1.82) is 0 Å². The molecule has 48 heteroatoms. The Balaban J connectivity index is 0.000000545. The summed E-state index contributed by atoms with van der Waals surface area (Å²) in [4.78, 5) is 18.3. The largest absolute Gasteiger partial charge is 0.507 e. The first-order chi connectivity index (χ1) is 44.7. The predicted octanol–water partition coefficient (Wildman–Crippen LogP) is 13.6. The van der Waals surface area contributed by atoms with Crippen LogP contribution in [-0.4, -0.2) is 101 Å². The highest BCUT2D eigenvalue weighted by Crippen LogP contribution is 2.47. The molecule has 0 heterocycles. The molecule has 8 aromatic carbocycles. The number of nitro groups is 2. The number of benzene rings is 8. The molecule has 38 nitrogen and oxygen atoms in total. The number of hydrogen-bond donors (Lipinski definition) is 12. The molecule has 0 aliphatic carbocycles. The van der Waals surface area contributed by atoms with E-state index in [-0.39, 0.29) is 113 Å². The maximum atomic E-state index is 12.0. The van der Waals surface area contributed by atoms with Gasteiger partial charge in [0, 0.05) is 70.3 Å². The van der Waals surface area contributed by atoms with Crippen LogP contribution in [0.3, 0.4) is 0 Å². The van der Waals surface area contributed by atoms with Crippen molar-refractivity contribution in [3.8, 4) is 11.5 Å². The quantitative estimate of drug-likeness (QED) is 0.00291. The van der Waals surface area contributed by atoms with Gasteiger partial charge in [0.2, 0.25) is 0 Å². The van der Waals surface area contributed by atoms with Crippen LogP contribution in [-0.2, 0) is 78.0 Å². The molecule has 98 heavy (non-hydrogen) atoms. The fourth-order valence-electron chi connectivity index (χ4n) is 7.88. The van der Waals surface area contributed by atoms with Gasteiger partial charge in [0.05, 0.1) is 97.4 Å². The lowest BCUT2D eigenvalue weighted by atomic mass is 10.1. The molecule has 8 aromatic rings. The summed E-state index contributed by atoms with van der Waals surface area (Å²) >= 11 is 7.07. The second kappa shape index (κ2) is 37.2. The number of nitrogens with zero attached hydrogens (tertiary/aromatic N) is 6. The molecule has 0 unspecified atom stereocenters. The number of rotatable bonds is 25. The van der Waals surface area contributed by atoms with Gasteiger partial charge < -0.3 is 21.7 Å². The molecule has 14 N–H and O–H groups in total. The molecule has 0 aliphatic rings. The number of aromatic hydroxyl groups is 2. The van der Waals surface area contributed by atoms with E-state index in [1.807, 2.05) is 0 Å². The smallest absolute Gasteiger partial charge is 0.297 e. The summed E-state index contributed by atoms with van der Waals surface area (Å²) in [6.07, 6.45) is 5.32. The molecule has 8 rings (SSSR count). The van der Waals surface area contributed by atoms with E-state index in [0.717, 1.165) is 36.4 Å². The monoisotopic (exact) mass is 1540 g/mol. The molecule has 0 saturated carbocycles. The number of nitrogen functional groups attached to an aromatic ring is 2. The third-order valence-electron chi connectivity index (χ3n) is 11.7. The Morgan fingerprint density at radius 2 is 0.857 bits per heavy atom. The molecule has 0 spiro atoms. The molecular formula is C50H47BClN8O30S8. The van der Waals surface area contributed by atoms with Gasteiger partial charge >= 0.3 is 0 Å². The van der Waals surface area contributed by atoms with Crippen LogP contribution >= 0.6 is 59.9 Å². The minimum Gasteiger partial charge on any atom is -0.507 e. The van der Waals surface area contributed by atoms with Gasteiger partial charge in [0.15, 0.2) is 5.75 Å². The van der Waals surface area contributed by atoms with Crippen molar-refractivity contribution in [3.05, 3.63) is 158 Å². The minimum atomic E-state index is -4.87. The number of anilines is 2. The maximum absolute atomic E-state index is 12.0. The highest BCUT2D eigenvalue weighted by atomic mass is 35.5. The van der Waals surface area contributed by atoms with Gasteiger partial charge in [-0.2, -0.15) is 38.8 Å². The van der Waals surface area contributed by atoms with E-state index in [1.54, 1.807) is 6.07 Å². The van der Waals surface area contributed by atoms with Crippen molar-refractivity contribution in [3.63, 3.8) is 0 Å². The van der Waals surface area contributed by atoms with Crippen LogP contribution in [0.25, 0.3) is 45.8 Å². The van der Waals surface area contributed by atoms with Crippen LogP contribution in [0.15, 0.2) is 174 Å². The number of non-ortho nitro benzene ring substituents is 2. The van der Waals surface area contributed by atoms with Gasteiger partial charge in [-0.3, -0.25) is 38.4 Å². The molecule has 0 bridgehead atoms. The topological polar surface area (TPSA) is 600 Å². The summed E-state index contributed by atoms with van der Waals surface area (Å²) in [6.45, 7) is 0. The van der Waals surface area contributed by atoms with Crippen molar-refractivity contribution < 1.29 is 132 Å². The highest BCUT2D eigenvalue weighted by Gasteiger charge is 2.26. The zero-order valence-corrected chi connectivity index (χ0v) is 53.8. The molecule has 0 aromatic heterocycles. The van der Waals surface area contributed by atoms with E-state index < -0.39 is 87.0 Å². The third-order valence-corrected chi connectivity index (χ3v) is 18.0. The van der Waals surface area contributed by atoms with Gasteiger partial charge in [0.25, 0.3) is 51.8 Å². The van der Waals surface area contributed by atoms with E-state index in [9.17, 15) is 82.3 Å². The van der Waals surface area contributed by atoms with Gasteiger partial charge in [-0.1, -0.05) is 76.1 Å². The highest BCUT2D eigenvalue weighted by molar-refractivity contribution is 7.95. The number of phenols is 2. The Kier molecular flexibility index (Phi) is 31.9. The molecule has 0 atom stereocenters. The summed E-state index contributed by atoms with van der Waals surface area (Å²) in [5.41, 5.74) is 10.5. The van der Waals surface area contributed by atoms with Gasteiger partial charge in [-0.25, -0.2) is 21.0 Å². The van der Waals surface area contributed by atoms with Crippen LogP contribution in [0.5, 0.6) is 11.5 Å². The van der Waals surface area contributed by atoms with E-state index in [0.29, 0.717) is 63.9 Å². The standard InChI is InChI=1S/C24H18N4O15S4.C14H10ClN3O8S2.C10H9NO7S2.2CH4.B.H2/c25-18-8-7-16-17(24(18)47(37,38)39)11-20(45-43-41-33)22(23(16)29)27-26-14-5-3-12(19(9-14)44-42-40-32)1-2-13-4-6-15(28(30)31)10-21(13)46(34,35)36;15-17-16-11-5-3-9(13(7-11)27-26-25-21)1-2-10-4-6-12(18(19)20)8-14(10)28(22,23)24;11-8-2-1-6-7(10(8)20(14,15)16)3-5(4-9(6)12)19-18-17-13;;;;/h1-11,29,32-33H,25H2,(H,34,35,36)(H,37,38,39);1-8,21H,(H,22,23,24);1-4,12-13H,11H2,(H,14,15,16);2*1H4;;1H/b2-1+,27-26?;2-1+,17-16?;;;;;/i;;;;;;1+1. The number of phenolic OH excluding ortho intramolecular Hbond substituents is 2. The number of azo groups is 1. The van der Waals surface area contributed by atoms with Crippen LogP contribution < -0.4 is 11.5 Å². The van der Waals surface area contributed by atoms with Gasteiger partial charge in [-0.15, -0.1) is 27.6 Å². The van der Waals surface area contributed by atoms with Crippen LogP contribution in [0.2, 0.25) is 0 Å². The normalized spacial score (nSPS) is 11.8. The lowest BCUT2D eigenvalue weighted by Gasteiger charge is -2.12. The second-order valence-electron chi connectivity index (χ2n) is 17.4. The Bertz CT molecular complexity index is 4860. The molecule has 0 aliphatic heterocycles. The number of nitro benzene ring substituents is 2. The molecule has 0 fully saturated rings. The fourth-order valence-corrected chi connectivity index (χ4v) is 12.9. The van der Waals surface area contributed by atoms with Crippen molar-refractivity contribution >= 4 is 194 Å². The van der Waals surface area contributed by atoms with E-state index in [4.69, 9.17) is 44.3 Å². The van der Waals surface area contributed by atoms with E-state index in [1.165, 1.54) is 91.0 Å². The number of halogens is 1. The first kappa shape index (κ1) is 84.1. The molecule has 0 amide bonds. The summed E-state index contributed by atoms with van der Waals surface area (Å²) in [5, 5.41) is 102. The van der Waals surface area contributed by atoms with Gasteiger partial charge in [0.1, 0.15) is 31.0 Å². The van der Waals surface area contributed by atoms with Crippen molar-refractivity contribution in [2.75, 3.05) is 11.5 Å². The Morgan fingerprint density at radius 1 is 0.469 bits per heavy atom. The van der Waals surface area contributed by atoms with E-state index >= 15 is 0 Å². The third kappa shape index (κ3) is 22.5. The molecular weight excluding hydrogens is 1500 g/mol. The summed E-state index contributed by atoms with van der Waals surface area (Å²) in [7, 11) is -19.0. The van der Waals surface area contributed by atoms with E-state index in [2.05, 4.69) is 57.5 Å². The average Bonchev–Trinajstić information content (AvgIpc) is 0.770. The lowest BCUT2D eigenvalue weighted by molar-refractivity contribution is -0.432. The van der Waals surface area contributed by atoms with Crippen molar-refractivity contribution in [1.82, 2.24) is 0 Å². The average molecular weight is 1540 g/mol. The Labute approximate surface area is 577 Å².